The van der Waals surface area contributed by atoms with Crippen LogP contribution < -0.4 is 0 Å². The standard InChI is InChI=1S/C24H26ClFN2.C22H25ClN2.C22H24F2N2/c1-24(2,16-3-6-18(26)7-4-16)15-28-22-10-5-17(25)13-20(22)21-14-27(19-8-9-19)12-11-23(21)28;1-22(2,16-7-5-4-6-8-16)15-25-20-10-9-17(23)13-18(20)19-14-24(3)12-11-21(19)25;1-22(2,15-4-6-16(23)7-5-15)14-26-20-9-8-17(24)12-18(20)19-13-25(3)11-10-21(19)26/h3-7,10,13,19H,8-9,11-12,14-15H2,1-2H3;4-10,13H,11-12,14-15H2,1-3H3;4-9,12H,10-11,13-14H2,1-3H3. The highest BCUT2D eigenvalue weighted by atomic mass is 35.5. The van der Waals surface area contributed by atoms with Gasteiger partial charge in [-0.3, -0.25) is 4.90 Å². The lowest BCUT2D eigenvalue weighted by Crippen LogP contribution is -2.34. The summed E-state index contributed by atoms with van der Waals surface area (Å²) >= 11 is 12.7. The Morgan fingerprint density at radius 2 is 0.797 bits per heavy atom. The third kappa shape index (κ3) is 11.5. The number of aromatic nitrogens is 3. The van der Waals surface area contributed by atoms with Crippen LogP contribution in [0.5, 0.6) is 0 Å². The van der Waals surface area contributed by atoms with Gasteiger partial charge in [0.15, 0.2) is 0 Å². The summed E-state index contributed by atoms with van der Waals surface area (Å²) in [5.74, 6) is -0.589. The molecule has 0 spiro atoms. The maximum Gasteiger partial charge on any atom is 0.123 e. The van der Waals surface area contributed by atoms with E-state index < -0.39 is 0 Å². The van der Waals surface area contributed by atoms with Crippen molar-refractivity contribution in [2.75, 3.05) is 33.7 Å². The Labute approximate surface area is 475 Å². The molecule has 412 valence electrons. The van der Waals surface area contributed by atoms with Gasteiger partial charge in [0.05, 0.1) is 0 Å². The summed E-state index contributed by atoms with van der Waals surface area (Å²) in [4.78, 5) is 7.32. The van der Waals surface area contributed by atoms with E-state index in [1.54, 1.807) is 24.3 Å². The van der Waals surface area contributed by atoms with Crippen molar-refractivity contribution >= 4 is 55.9 Å². The zero-order chi connectivity index (χ0) is 55.5. The molecule has 1 saturated carbocycles. The number of hydrogen-bond acceptors (Lipinski definition) is 3. The number of likely N-dealkylation sites (N-methyl/N-ethyl adjacent to an activating group) is 2. The first-order valence-electron chi connectivity index (χ1n) is 28.3. The summed E-state index contributed by atoms with van der Waals surface area (Å²) in [6.45, 7) is 22.3. The average molecular weight is 1100 g/mol. The molecule has 0 bridgehead atoms. The lowest BCUT2D eigenvalue weighted by Gasteiger charge is -2.31. The van der Waals surface area contributed by atoms with Crippen LogP contribution in [0.1, 0.15) is 105 Å². The van der Waals surface area contributed by atoms with Gasteiger partial charge in [-0.1, -0.05) is 119 Å². The highest BCUT2D eigenvalue weighted by molar-refractivity contribution is 6.31. The number of rotatable bonds is 10. The molecule has 6 heterocycles. The number of hydrogen-bond donors (Lipinski definition) is 0. The summed E-state index contributed by atoms with van der Waals surface area (Å²) in [5, 5.41) is 5.25. The fourth-order valence-electron chi connectivity index (χ4n) is 13.0. The van der Waals surface area contributed by atoms with Crippen LogP contribution in [0.4, 0.5) is 13.2 Å². The molecular formula is C68H75Cl2F3N6. The quantitative estimate of drug-likeness (QED) is 0.136. The third-order valence-corrected chi connectivity index (χ3v) is 18.1. The molecule has 0 N–H and O–H groups in total. The van der Waals surface area contributed by atoms with Crippen molar-refractivity contribution in [2.24, 2.45) is 0 Å². The molecule has 0 unspecified atom stereocenters. The SMILES string of the molecule is CC(C)(Cn1c2c(c3cc(Cl)ccc31)CN(C1CC1)CC2)c1ccc(F)cc1.CN1CCc2c(c3cc(Cl)ccc3n2CC(C)(C)c2ccccc2)C1.CN1CCc2c(c3cc(F)ccc3n2CC(C)(C)c2ccc(F)cc2)C1. The van der Waals surface area contributed by atoms with Gasteiger partial charge in [0.2, 0.25) is 0 Å². The monoisotopic (exact) mass is 1100 g/mol. The van der Waals surface area contributed by atoms with E-state index in [0.717, 1.165) is 116 Å². The third-order valence-electron chi connectivity index (χ3n) is 17.6. The zero-order valence-corrected chi connectivity index (χ0v) is 48.8. The Hall–Kier alpha value is -5.81. The van der Waals surface area contributed by atoms with E-state index in [1.807, 2.05) is 42.5 Å². The number of benzene rings is 6. The molecule has 0 saturated heterocycles. The predicted octanol–water partition coefficient (Wildman–Crippen LogP) is 16.1. The lowest BCUT2D eigenvalue weighted by molar-refractivity contribution is 0.240. The molecule has 0 atom stereocenters. The minimum atomic E-state index is -0.216. The Balaban J connectivity index is 0.000000126. The normalized spacial score (nSPS) is 16.3. The smallest absolute Gasteiger partial charge is 0.123 e. The second kappa shape index (κ2) is 21.9. The van der Waals surface area contributed by atoms with Crippen molar-refractivity contribution in [2.45, 2.75) is 135 Å². The molecule has 3 aromatic heterocycles. The Bertz CT molecular complexity index is 3660. The minimum absolute atomic E-state index is 0.0734. The van der Waals surface area contributed by atoms with Crippen LogP contribution in [0, 0.1) is 17.5 Å². The largest absolute Gasteiger partial charge is 0.343 e. The number of halogens is 5. The molecule has 79 heavy (non-hydrogen) atoms. The molecule has 0 radical (unpaired) electrons. The molecule has 6 aromatic carbocycles. The van der Waals surface area contributed by atoms with Gasteiger partial charge >= 0.3 is 0 Å². The first kappa shape index (κ1) is 55.1. The Morgan fingerprint density at radius 1 is 0.430 bits per heavy atom. The van der Waals surface area contributed by atoms with Gasteiger partial charge in [-0.05, 0) is 139 Å². The molecule has 1 aliphatic carbocycles. The highest BCUT2D eigenvalue weighted by Crippen LogP contribution is 2.41. The van der Waals surface area contributed by atoms with Gasteiger partial charge in [0.25, 0.3) is 0 Å². The molecule has 4 aliphatic rings. The minimum Gasteiger partial charge on any atom is -0.343 e. The van der Waals surface area contributed by atoms with E-state index in [1.165, 1.54) is 86.1 Å². The fourth-order valence-corrected chi connectivity index (χ4v) is 13.3. The van der Waals surface area contributed by atoms with Crippen molar-refractivity contribution in [1.29, 1.82) is 0 Å². The summed E-state index contributed by atoms with van der Waals surface area (Å²) in [7, 11) is 4.30. The Morgan fingerprint density at radius 3 is 1.23 bits per heavy atom. The van der Waals surface area contributed by atoms with Crippen molar-refractivity contribution in [3.63, 3.8) is 0 Å². The summed E-state index contributed by atoms with van der Waals surface area (Å²) in [6.07, 6.45) is 5.82. The van der Waals surface area contributed by atoms with E-state index >= 15 is 0 Å². The highest BCUT2D eigenvalue weighted by Gasteiger charge is 2.35. The van der Waals surface area contributed by atoms with Gasteiger partial charge in [-0.25, -0.2) is 13.2 Å². The average Bonchev–Trinajstić information content (AvgIpc) is 4.31. The molecule has 9 aromatic rings. The van der Waals surface area contributed by atoms with Crippen LogP contribution in [0.2, 0.25) is 10.0 Å². The molecule has 6 nitrogen and oxygen atoms in total. The van der Waals surface area contributed by atoms with E-state index in [2.05, 4.69) is 139 Å². The molecule has 13 rings (SSSR count). The van der Waals surface area contributed by atoms with Crippen LogP contribution in [-0.4, -0.2) is 68.2 Å². The van der Waals surface area contributed by atoms with E-state index in [4.69, 9.17) is 23.2 Å². The van der Waals surface area contributed by atoms with Crippen LogP contribution in [-0.2, 0) is 74.8 Å². The van der Waals surface area contributed by atoms with Gasteiger partial charge in [-0.2, -0.15) is 0 Å². The second-order valence-corrected chi connectivity index (χ2v) is 25.9. The molecule has 3 aliphatic heterocycles. The van der Waals surface area contributed by atoms with Crippen molar-refractivity contribution < 1.29 is 13.2 Å². The maximum atomic E-state index is 13.9. The summed E-state index contributed by atoms with van der Waals surface area (Å²) < 4.78 is 48.0. The van der Waals surface area contributed by atoms with Gasteiger partial charge < -0.3 is 23.5 Å². The second-order valence-electron chi connectivity index (χ2n) is 25.0. The van der Waals surface area contributed by atoms with Gasteiger partial charge in [-0.15, -0.1) is 0 Å². The van der Waals surface area contributed by atoms with Crippen LogP contribution in [0.25, 0.3) is 32.7 Å². The van der Waals surface area contributed by atoms with Gasteiger partial charge in [0, 0.05) is 160 Å². The van der Waals surface area contributed by atoms with Gasteiger partial charge in [0.1, 0.15) is 17.5 Å². The zero-order valence-electron chi connectivity index (χ0n) is 47.3. The van der Waals surface area contributed by atoms with Crippen molar-refractivity contribution in [1.82, 2.24) is 28.4 Å². The van der Waals surface area contributed by atoms with E-state index in [9.17, 15) is 13.2 Å². The lowest BCUT2D eigenvalue weighted by atomic mass is 9.84. The van der Waals surface area contributed by atoms with Crippen LogP contribution in [0.15, 0.2) is 133 Å². The number of nitrogens with zero attached hydrogens (tertiary/aromatic N) is 6. The Kier molecular flexibility index (Phi) is 15.3. The van der Waals surface area contributed by atoms with Crippen LogP contribution >= 0.6 is 23.2 Å². The molecular weight excluding hydrogens is 1030 g/mol. The van der Waals surface area contributed by atoms with Crippen LogP contribution in [0.3, 0.4) is 0 Å². The fraction of sp³-hybridized carbons (Fsp3) is 0.382. The van der Waals surface area contributed by atoms with E-state index in [-0.39, 0.29) is 33.7 Å². The van der Waals surface area contributed by atoms with Crippen molar-refractivity contribution in [3.8, 4) is 0 Å². The predicted molar refractivity (Wildman–Crippen MR) is 321 cm³/mol. The van der Waals surface area contributed by atoms with Crippen molar-refractivity contribution in [3.05, 3.63) is 211 Å². The summed E-state index contributed by atoms with van der Waals surface area (Å²) in [6, 6.07) is 43.1. The molecule has 1 fully saturated rings. The number of fused-ring (bicyclic) bond motifs is 9. The van der Waals surface area contributed by atoms with E-state index in [0.29, 0.717) is 0 Å². The topological polar surface area (TPSA) is 24.5 Å². The first-order valence-corrected chi connectivity index (χ1v) is 29.1. The first-order chi connectivity index (χ1) is 37.7. The molecule has 11 heteroatoms. The maximum absolute atomic E-state index is 13.9. The molecule has 0 amide bonds. The summed E-state index contributed by atoms with van der Waals surface area (Å²) in [5.41, 5.74) is 15.5.